The summed E-state index contributed by atoms with van der Waals surface area (Å²) >= 11 is 5.28. The molecule has 17 heavy (non-hydrogen) atoms. The van der Waals surface area contributed by atoms with Crippen molar-refractivity contribution < 1.29 is 0 Å². The summed E-state index contributed by atoms with van der Waals surface area (Å²) in [5.41, 5.74) is 2.92. The summed E-state index contributed by atoms with van der Waals surface area (Å²) in [4.78, 5) is 16.0. The summed E-state index contributed by atoms with van der Waals surface area (Å²) in [7, 11) is 0. The van der Waals surface area contributed by atoms with Crippen molar-refractivity contribution in [2.75, 3.05) is 0 Å². The van der Waals surface area contributed by atoms with Crippen molar-refractivity contribution >= 4 is 12.2 Å². The van der Waals surface area contributed by atoms with Gasteiger partial charge in [0, 0.05) is 17.5 Å². The average molecular weight is 246 g/mol. The standard InChI is InChI=1S/C12H14N4S/c1-4-9-7(2)14-11(16-12(9)17)10-5-6-13-8(3)15-10/h5-6H,4H2,1-3H3,(H,14,16,17). The number of nitrogens with zero attached hydrogens (tertiary/aromatic N) is 3. The lowest BCUT2D eigenvalue weighted by Crippen LogP contribution is -2.01. The molecule has 0 aliphatic rings. The van der Waals surface area contributed by atoms with E-state index in [1.807, 2.05) is 19.9 Å². The van der Waals surface area contributed by atoms with Crippen LogP contribution < -0.4 is 0 Å². The van der Waals surface area contributed by atoms with Gasteiger partial charge in [-0.2, -0.15) is 0 Å². The number of hydrogen-bond donors (Lipinski definition) is 1. The van der Waals surface area contributed by atoms with Crippen LogP contribution in [0.3, 0.4) is 0 Å². The van der Waals surface area contributed by atoms with Crippen LogP contribution in [0, 0.1) is 18.5 Å². The minimum absolute atomic E-state index is 0.648. The quantitative estimate of drug-likeness (QED) is 0.828. The van der Waals surface area contributed by atoms with Crippen LogP contribution in [0.15, 0.2) is 12.3 Å². The van der Waals surface area contributed by atoms with Crippen LogP contribution in [0.5, 0.6) is 0 Å². The summed E-state index contributed by atoms with van der Waals surface area (Å²) in [6, 6.07) is 1.83. The molecule has 0 fully saturated rings. The molecule has 2 rings (SSSR count). The molecule has 0 spiro atoms. The molecule has 0 aliphatic heterocycles. The van der Waals surface area contributed by atoms with E-state index in [4.69, 9.17) is 12.2 Å². The zero-order valence-electron chi connectivity index (χ0n) is 10.1. The molecular weight excluding hydrogens is 232 g/mol. The van der Waals surface area contributed by atoms with Crippen molar-refractivity contribution in [2.45, 2.75) is 27.2 Å². The van der Waals surface area contributed by atoms with E-state index < -0.39 is 0 Å². The Hall–Kier alpha value is -1.62. The van der Waals surface area contributed by atoms with Crippen LogP contribution in [0.4, 0.5) is 0 Å². The van der Waals surface area contributed by atoms with Gasteiger partial charge < -0.3 is 4.98 Å². The number of aryl methyl sites for hydroxylation is 2. The second-order valence-electron chi connectivity index (χ2n) is 3.84. The first-order valence-electron chi connectivity index (χ1n) is 5.51. The molecule has 0 saturated carbocycles. The van der Waals surface area contributed by atoms with Gasteiger partial charge in [0.1, 0.15) is 16.2 Å². The molecule has 1 N–H and O–H groups in total. The maximum atomic E-state index is 5.28. The van der Waals surface area contributed by atoms with E-state index >= 15 is 0 Å². The van der Waals surface area contributed by atoms with Gasteiger partial charge in [0.15, 0.2) is 5.82 Å². The monoisotopic (exact) mass is 246 g/mol. The third kappa shape index (κ3) is 2.39. The fraction of sp³-hybridized carbons (Fsp3) is 0.333. The van der Waals surface area contributed by atoms with Crippen molar-refractivity contribution in [3.05, 3.63) is 34.0 Å². The summed E-state index contributed by atoms with van der Waals surface area (Å²) in [5.74, 6) is 1.43. The Morgan fingerprint density at radius 1 is 1.29 bits per heavy atom. The molecule has 2 aromatic heterocycles. The topological polar surface area (TPSA) is 54.5 Å². The Bertz CT molecular complexity index is 604. The number of hydrogen-bond acceptors (Lipinski definition) is 4. The highest BCUT2D eigenvalue weighted by Crippen LogP contribution is 2.15. The molecule has 0 unspecified atom stereocenters. The van der Waals surface area contributed by atoms with Crippen molar-refractivity contribution in [3.8, 4) is 11.5 Å². The zero-order chi connectivity index (χ0) is 12.4. The summed E-state index contributed by atoms with van der Waals surface area (Å²) in [6.45, 7) is 5.93. The van der Waals surface area contributed by atoms with E-state index in [2.05, 4.69) is 26.9 Å². The first-order valence-corrected chi connectivity index (χ1v) is 5.92. The third-order valence-electron chi connectivity index (χ3n) is 2.60. The van der Waals surface area contributed by atoms with Crippen LogP contribution in [-0.4, -0.2) is 19.9 Å². The Morgan fingerprint density at radius 3 is 2.65 bits per heavy atom. The van der Waals surface area contributed by atoms with Crippen LogP contribution in [0.1, 0.15) is 24.0 Å². The zero-order valence-corrected chi connectivity index (χ0v) is 10.9. The lowest BCUT2D eigenvalue weighted by atomic mass is 10.2. The van der Waals surface area contributed by atoms with Gasteiger partial charge in [-0.05, 0) is 26.3 Å². The van der Waals surface area contributed by atoms with Crippen LogP contribution in [0.25, 0.3) is 11.5 Å². The third-order valence-corrected chi connectivity index (χ3v) is 2.94. The molecule has 2 heterocycles. The minimum atomic E-state index is 0.648. The predicted molar refractivity (Wildman–Crippen MR) is 69.3 cm³/mol. The van der Waals surface area contributed by atoms with E-state index in [0.717, 1.165) is 29.2 Å². The van der Waals surface area contributed by atoms with Gasteiger partial charge in [-0.3, -0.25) is 0 Å². The number of aromatic nitrogens is 4. The van der Waals surface area contributed by atoms with Crippen LogP contribution in [-0.2, 0) is 6.42 Å². The van der Waals surface area contributed by atoms with Crippen LogP contribution in [0.2, 0.25) is 0 Å². The van der Waals surface area contributed by atoms with Gasteiger partial charge in [-0.15, -0.1) is 0 Å². The van der Waals surface area contributed by atoms with Gasteiger partial charge in [0.05, 0.1) is 0 Å². The highest BCUT2D eigenvalue weighted by molar-refractivity contribution is 7.71. The number of rotatable bonds is 2. The van der Waals surface area contributed by atoms with Crippen molar-refractivity contribution in [3.63, 3.8) is 0 Å². The molecular formula is C12H14N4S. The average Bonchev–Trinajstić information content (AvgIpc) is 2.28. The van der Waals surface area contributed by atoms with Gasteiger partial charge in [0.25, 0.3) is 0 Å². The molecule has 0 atom stereocenters. The molecule has 0 radical (unpaired) electrons. The lowest BCUT2D eigenvalue weighted by Gasteiger charge is -2.07. The van der Waals surface area contributed by atoms with E-state index in [0.29, 0.717) is 10.5 Å². The molecule has 2 aromatic rings. The molecule has 88 valence electrons. The Balaban J connectivity index is 2.58. The van der Waals surface area contributed by atoms with E-state index in [-0.39, 0.29) is 0 Å². The molecule has 0 bridgehead atoms. The lowest BCUT2D eigenvalue weighted by molar-refractivity contribution is 0.970. The normalized spacial score (nSPS) is 10.5. The highest BCUT2D eigenvalue weighted by atomic mass is 32.1. The largest absolute Gasteiger partial charge is 0.342 e. The minimum Gasteiger partial charge on any atom is -0.342 e. The molecule has 4 nitrogen and oxygen atoms in total. The van der Waals surface area contributed by atoms with E-state index in [9.17, 15) is 0 Å². The Morgan fingerprint density at radius 2 is 2.06 bits per heavy atom. The Labute approximate surface area is 105 Å². The molecule has 0 amide bonds. The maximum absolute atomic E-state index is 5.28. The molecule has 5 heteroatoms. The first-order chi connectivity index (χ1) is 8.11. The second kappa shape index (κ2) is 4.71. The van der Waals surface area contributed by atoms with Gasteiger partial charge in [0.2, 0.25) is 0 Å². The second-order valence-corrected chi connectivity index (χ2v) is 4.22. The molecule has 0 aliphatic carbocycles. The fourth-order valence-electron chi connectivity index (χ4n) is 1.74. The van der Waals surface area contributed by atoms with Crippen molar-refractivity contribution in [2.24, 2.45) is 0 Å². The summed E-state index contributed by atoms with van der Waals surface area (Å²) in [6.07, 6.45) is 2.61. The van der Waals surface area contributed by atoms with E-state index in [1.54, 1.807) is 6.20 Å². The molecule has 0 saturated heterocycles. The van der Waals surface area contributed by atoms with E-state index in [1.165, 1.54) is 0 Å². The maximum Gasteiger partial charge on any atom is 0.157 e. The van der Waals surface area contributed by atoms with Crippen molar-refractivity contribution in [1.29, 1.82) is 0 Å². The van der Waals surface area contributed by atoms with Crippen LogP contribution >= 0.6 is 12.2 Å². The van der Waals surface area contributed by atoms with Crippen molar-refractivity contribution in [1.82, 2.24) is 19.9 Å². The number of nitrogens with one attached hydrogen (secondary N) is 1. The smallest absolute Gasteiger partial charge is 0.157 e. The molecule has 0 aromatic carbocycles. The summed E-state index contributed by atoms with van der Waals surface area (Å²) < 4.78 is 0.648. The fourth-order valence-corrected chi connectivity index (χ4v) is 2.12. The summed E-state index contributed by atoms with van der Waals surface area (Å²) in [5, 5.41) is 0. The van der Waals surface area contributed by atoms with Gasteiger partial charge in [-0.1, -0.05) is 19.1 Å². The van der Waals surface area contributed by atoms with Gasteiger partial charge >= 0.3 is 0 Å². The number of H-pyrrole nitrogens is 1. The highest BCUT2D eigenvalue weighted by Gasteiger charge is 2.06. The first kappa shape index (κ1) is 11.9. The van der Waals surface area contributed by atoms with Gasteiger partial charge in [-0.25, -0.2) is 15.0 Å². The predicted octanol–water partition coefficient (Wildman–Crippen LogP) is 2.78. The Kier molecular flexibility index (Phi) is 3.28. The SMILES string of the molecule is CCc1c(C)[nH]c(-c2ccnc(C)n2)nc1=S. The number of aromatic amines is 1.